The SMILES string of the molecule is FC1(F)Oc2[c-]ccc(I)c2O1.[Li+]. The van der Waals surface area contributed by atoms with E-state index in [1.54, 1.807) is 6.07 Å². The summed E-state index contributed by atoms with van der Waals surface area (Å²) in [6.07, 6.45) is -3.54. The summed E-state index contributed by atoms with van der Waals surface area (Å²) in [5.74, 6) is 0.0231. The zero-order valence-corrected chi connectivity index (χ0v) is 8.76. The molecule has 1 aliphatic heterocycles. The van der Waals surface area contributed by atoms with Crippen molar-refractivity contribution in [2.45, 2.75) is 6.29 Å². The Bertz CT molecular complexity index is 332. The summed E-state index contributed by atoms with van der Waals surface area (Å²) in [5.41, 5.74) is 0. The minimum absolute atomic E-state index is 0. The molecule has 0 unspecified atom stereocenters. The molecular weight excluding hydrogens is 288 g/mol. The van der Waals surface area contributed by atoms with E-state index in [4.69, 9.17) is 0 Å². The molecule has 13 heavy (non-hydrogen) atoms. The van der Waals surface area contributed by atoms with Gasteiger partial charge in [0.2, 0.25) is 0 Å². The van der Waals surface area contributed by atoms with E-state index in [1.165, 1.54) is 6.07 Å². The van der Waals surface area contributed by atoms with Crippen molar-refractivity contribution in [1.29, 1.82) is 0 Å². The summed E-state index contributed by atoms with van der Waals surface area (Å²) in [7, 11) is 0. The number of hydrogen-bond donors (Lipinski definition) is 0. The molecule has 0 bridgehead atoms. The third kappa shape index (κ3) is 2.09. The molecule has 1 heterocycles. The molecule has 6 heteroatoms. The van der Waals surface area contributed by atoms with E-state index in [9.17, 15) is 8.78 Å². The minimum Gasteiger partial charge on any atom is -0.459 e. The average molecular weight is 290 g/mol. The van der Waals surface area contributed by atoms with Crippen molar-refractivity contribution in [2.75, 3.05) is 0 Å². The van der Waals surface area contributed by atoms with Gasteiger partial charge in [0, 0.05) is 0 Å². The van der Waals surface area contributed by atoms with E-state index in [1.807, 2.05) is 22.6 Å². The van der Waals surface area contributed by atoms with Crippen LogP contribution in [0.4, 0.5) is 8.78 Å². The fourth-order valence-corrected chi connectivity index (χ4v) is 1.40. The second-order valence-electron chi connectivity index (χ2n) is 2.15. The molecule has 1 aromatic rings. The maximum Gasteiger partial charge on any atom is 1.00 e. The number of hydrogen-bond acceptors (Lipinski definition) is 2. The van der Waals surface area contributed by atoms with Gasteiger partial charge in [0.1, 0.15) is 0 Å². The van der Waals surface area contributed by atoms with Crippen LogP contribution in [0, 0.1) is 9.64 Å². The standard InChI is InChI=1S/C7H2F2IO2.Li/c8-7(9)11-5-3-1-2-4(10)6(5)12-7;/h1-2H;/q-1;+1. The molecule has 0 radical (unpaired) electrons. The number of rotatable bonds is 0. The topological polar surface area (TPSA) is 18.5 Å². The molecule has 0 amide bonds. The Morgan fingerprint density at radius 1 is 1.38 bits per heavy atom. The molecule has 2 nitrogen and oxygen atoms in total. The van der Waals surface area contributed by atoms with Crippen LogP contribution >= 0.6 is 22.6 Å². The molecule has 0 aromatic heterocycles. The van der Waals surface area contributed by atoms with E-state index < -0.39 is 6.29 Å². The van der Waals surface area contributed by atoms with E-state index in [2.05, 4.69) is 15.5 Å². The van der Waals surface area contributed by atoms with Crippen LogP contribution in [0.15, 0.2) is 12.1 Å². The second kappa shape index (κ2) is 3.63. The Kier molecular flexibility index (Phi) is 3.10. The van der Waals surface area contributed by atoms with Crippen LogP contribution in [0.1, 0.15) is 0 Å². The first-order valence-corrected chi connectivity index (χ1v) is 4.12. The van der Waals surface area contributed by atoms with Crippen molar-refractivity contribution in [1.82, 2.24) is 0 Å². The Morgan fingerprint density at radius 2 is 2.08 bits per heavy atom. The zero-order valence-electron chi connectivity index (χ0n) is 6.61. The van der Waals surface area contributed by atoms with Gasteiger partial charge in [-0.25, -0.2) is 0 Å². The van der Waals surface area contributed by atoms with Crippen LogP contribution in [0.25, 0.3) is 0 Å². The first-order valence-electron chi connectivity index (χ1n) is 3.04. The summed E-state index contributed by atoms with van der Waals surface area (Å²) >= 11 is 1.88. The van der Waals surface area contributed by atoms with Crippen molar-refractivity contribution in [3.05, 3.63) is 21.8 Å². The molecule has 0 aliphatic carbocycles. The summed E-state index contributed by atoms with van der Waals surface area (Å²) in [6, 6.07) is 5.63. The van der Waals surface area contributed by atoms with Crippen LogP contribution < -0.4 is 28.3 Å². The number of benzene rings is 1. The summed E-state index contributed by atoms with van der Waals surface area (Å²) < 4.78 is 33.9. The predicted octanol–water partition coefficient (Wildman–Crippen LogP) is -0.583. The van der Waals surface area contributed by atoms with Gasteiger partial charge in [-0.3, -0.25) is 0 Å². The van der Waals surface area contributed by atoms with E-state index in [0.29, 0.717) is 3.57 Å². The first-order chi connectivity index (χ1) is 5.58. The van der Waals surface area contributed by atoms with Crippen molar-refractivity contribution in [3.8, 4) is 11.5 Å². The van der Waals surface area contributed by atoms with Gasteiger partial charge in [-0.2, -0.15) is 12.1 Å². The second-order valence-corrected chi connectivity index (χ2v) is 3.31. The summed E-state index contributed by atoms with van der Waals surface area (Å²) in [6.45, 7) is 0. The molecule has 0 saturated carbocycles. The van der Waals surface area contributed by atoms with Gasteiger partial charge < -0.3 is 9.47 Å². The smallest absolute Gasteiger partial charge is 0.459 e. The van der Waals surface area contributed by atoms with Crippen LogP contribution in [-0.2, 0) is 0 Å². The molecule has 0 saturated heterocycles. The monoisotopic (exact) mass is 290 g/mol. The predicted molar refractivity (Wildman–Crippen MR) is 44.2 cm³/mol. The number of ether oxygens (including phenoxy) is 2. The van der Waals surface area contributed by atoms with Crippen molar-refractivity contribution in [2.24, 2.45) is 0 Å². The van der Waals surface area contributed by atoms with Crippen LogP contribution in [0.5, 0.6) is 11.5 Å². The van der Waals surface area contributed by atoms with Gasteiger partial charge >= 0.3 is 25.2 Å². The Balaban J connectivity index is 0.000000845. The molecule has 2 rings (SSSR count). The Labute approximate surface area is 98.9 Å². The Hall–Kier alpha value is 0.00740. The number of halogens is 3. The number of fused-ring (bicyclic) bond motifs is 1. The van der Waals surface area contributed by atoms with Crippen LogP contribution in [0.3, 0.4) is 0 Å². The largest absolute Gasteiger partial charge is 1.00 e. The zero-order chi connectivity index (χ0) is 8.77. The maximum absolute atomic E-state index is 12.4. The third-order valence-electron chi connectivity index (χ3n) is 1.31. The number of alkyl halides is 2. The molecule has 0 spiro atoms. The fraction of sp³-hybridized carbons (Fsp3) is 0.143. The van der Waals surface area contributed by atoms with E-state index in [-0.39, 0.29) is 30.4 Å². The van der Waals surface area contributed by atoms with Gasteiger partial charge in [0.15, 0.2) is 0 Å². The first kappa shape index (κ1) is 11.1. The summed E-state index contributed by atoms with van der Waals surface area (Å²) in [4.78, 5) is 0. The van der Waals surface area contributed by atoms with E-state index in [0.717, 1.165) is 0 Å². The minimum atomic E-state index is -3.54. The Morgan fingerprint density at radius 3 is 2.69 bits per heavy atom. The van der Waals surface area contributed by atoms with Gasteiger partial charge in [-0.1, -0.05) is 26.2 Å². The quantitative estimate of drug-likeness (QED) is 0.361. The molecule has 0 atom stereocenters. The van der Waals surface area contributed by atoms with Crippen LogP contribution in [-0.4, -0.2) is 6.29 Å². The van der Waals surface area contributed by atoms with Crippen molar-refractivity contribution in [3.63, 3.8) is 0 Å². The van der Waals surface area contributed by atoms with Gasteiger partial charge in [0.25, 0.3) is 0 Å². The molecule has 1 aromatic carbocycles. The van der Waals surface area contributed by atoms with Crippen molar-refractivity contribution < 1.29 is 37.1 Å². The summed E-state index contributed by atoms with van der Waals surface area (Å²) in [5, 5.41) is 0. The van der Waals surface area contributed by atoms with E-state index >= 15 is 0 Å². The normalized spacial score (nSPS) is 16.5. The average Bonchev–Trinajstić information content (AvgIpc) is 2.25. The molecule has 64 valence electrons. The van der Waals surface area contributed by atoms with Crippen LogP contribution in [0.2, 0.25) is 0 Å². The maximum atomic E-state index is 12.4. The van der Waals surface area contributed by atoms with Gasteiger partial charge in [0.05, 0.1) is 11.5 Å². The molecule has 0 N–H and O–H groups in total. The molecular formula is C7H2F2ILiO2. The van der Waals surface area contributed by atoms with Gasteiger partial charge in [-0.05, 0) is 0 Å². The fourth-order valence-electron chi connectivity index (χ4n) is 0.870. The third-order valence-corrected chi connectivity index (χ3v) is 2.16. The molecule has 1 aliphatic rings. The molecule has 0 fully saturated rings. The van der Waals surface area contributed by atoms with Gasteiger partial charge in [-0.15, -0.1) is 14.8 Å². The van der Waals surface area contributed by atoms with Crippen molar-refractivity contribution >= 4 is 22.6 Å².